The van der Waals surface area contributed by atoms with Crippen molar-refractivity contribution in [2.75, 3.05) is 12.4 Å². The summed E-state index contributed by atoms with van der Waals surface area (Å²) in [6.07, 6.45) is 13.4. The molecule has 5 rings (SSSR count). The molecule has 2 bridgehead atoms. The molecule has 1 aliphatic carbocycles. The second kappa shape index (κ2) is 14.6. The highest BCUT2D eigenvalue weighted by molar-refractivity contribution is 8.14. The summed E-state index contributed by atoms with van der Waals surface area (Å²) in [5.74, 6) is -1.72. The number of carbonyl (C=O) groups is 2. The molecule has 8 nitrogen and oxygen atoms in total. The van der Waals surface area contributed by atoms with Gasteiger partial charge >= 0.3 is 5.97 Å². The predicted molar refractivity (Wildman–Crippen MR) is 179 cm³/mol. The number of carbonyl (C=O) groups excluding carboxylic acids is 2. The molecule has 0 unspecified atom stereocenters. The Morgan fingerprint density at radius 1 is 1.20 bits per heavy atom. The van der Waals surface area contributed by atoms with Gasteiger partial charge in [-0.15, -0.1) is 0 Å². The first-order valence-corrected chi connectivity index (χ1v) is 18.0. The molecule has 46 heavy (non-hydrogen) atoms. The lowest BCUT2D eigenvalue weighted by atomic mass is 9.71. The molecule has 0 aromatic carbocycles. The van der Waals surface area contributed by atoms with E-state index in [1.807, 2.05) is 26.0 Å². The van der Waals surface area contributed by atoms with Gasteiger partial charge in [0.25, 0.3) is 0 Å². The van der Waals surface area contributed by atoms with Gasteiger partial charge in [0.15, 0.2) is 5.79 Å². The van der Waals surface area contributed by atoms with Crippen molar-refractivity contribution in [3.63, 3.8) is 0 Å². The van der Waals surface area contributed by atoms with E-state index in [0.29, 0.717) is 36.3 Å². The van der Waals surface area contributed by atoms with Crippen LogP contribution in [0.4, 0.5) is 0 Å². The normalized spacial score (nSPS) is 42.9. The number of esters is 1. The molecule has 0 saturated carbocycles. The highest BCUT2D eigenvalue weighted by Crippen LogP contribution is 2.48. The highest BCUT2D eigenvalue weighted by Gasteiger charge is 2.60. The number of aliphatic hydroxyl groups is 2. The lowest BCUT2D eigenvalue weighted by Crippen LogP contribution is -2.58. The molecule has 0 aromatic rings. The van der Waals surface area contributed by atoms with Gasteiger partial charge in [-0.3, -0.25) is 9.59 Å². The predicted octanol–water partition coefficient (Wildman–Crippen LogP) is 6.13. The molecular weight excluding hydrogens is 604 g/mol. The molecule has 254 valence electrons. The van der Waals surface area contributed by atoms with Crippen molar-refractivity contribution in [1.82, 2.24) is 0 Å². The Hall–Kier alpha value is -2.01. The van der Waals surface area contributed by atoms with E-state index in [1.165, 1.54) is 5.57 Å². The standard InChI is InChI=1S/C37H52O8S/c1-7-31-25(6)13-14-36(45-31)19-29-18-28(44-36)12-11-24(5)16-23(4)9-8-10-27-20-42-34-33(39)26(21-46-32(38)15-22(2)3)17-30(35(40)43-29)37(27,34)41/h8-11,15,17,23,25,28-31,33-34,39,41H,7,12-14,16,18-21H2,1-6H3/b9-8+,24-11+,27-10+/t23-,25-,28+,29-,30-,31+,33+,34+,36+,37+/m0/s1. The van der Waals surface area contributed by atoms with Gasteiger partial charge in [-0.2, -0.15) is 0 Å². The van der Waals surface area contributed by atoms with E-state index < -0.39 is 41.6 Å². The smallest absolute Gasteiger partial charge is 0.316 e. The third-order valence-electron chi connectivity index (χ3n) is 10.2. The molecular formula is C37H52O8S. The summed E-state index contributed by atoms with van der Waals surface area (Å²) in [6, 6.07) is 0. The van der Waals surface area contributed by atoms with Gasteiger partial charge in [0.1, 0.15) is 29.8 Å². The molecule has 5 aliphatic rings. The van der Waals surface area contributed by atoms with Crippen LogP contribution in [0.5, 0.6) is 0 Å². The van der Waals surface area contributed by atoms with Crippen LogP contribution in [0.25, 0.3) is 0 Å². The summed E-state index contributed by atoms with van der Waals surface area (Å²) >= 11 is 1.05. The van der Waals surface area contributed by atoms with E-state index in [0.717, 1.165) is 43.0 Å². The number of hydrogen-bond acceptors (Lipinski definition) is 9. The Labute approximate surface area is 278 Å². The van der Waals surface area contributed by atoms with Crippen LogP contribution in [0.15, 0.2) is 58.7 Å². The molecule has 9 heteroatoms. The Morgan fingerprint density at radius 2 is 1.98 bits per heavy atom. The molecule has 0 radical (unpaired) electrons. The van der Waals surface area contributed by atoms with Crippen LogP contribution < -0.4 is 0 Å². The Bertz CT molecular complexity index is 1310. The second-order valence-corrected chi connectivity index (χ2v) is 15.3. The van der Waals surface area contributed by atoms with Gasteiger partial charge in [0.2, 0.25) is 5.12 Å². The number of hydrogen-bond donors (Lipinski definition) is 2. The maximum absolute atomic E-state index is 14.3. The van der Waals surface area contributed by atoms with Crippen LogP contribution in [0.3, 0.4) is 0 Å². The summed E-state index contributed by atoms with van der Waals surface area (Å²) in [6.45, 7) is 12.4. The van der Waals surface area contributed by atoms with Crippen LogP contribution in [-0.2, 0) is 28.5 Å². The van der Waals surface area contributed by atoms with Crippen molar-refractivity contribution >= 4 is 22.8 Å². The number of rotatable bonds is 4. The molecule has 0 aromatic heterocycles. The zero-order valence-corrected chi connectivity index (χ0v) is 29.0. The minimum atomic E-state index is -1.80. The molecule has 2 N–H and O–H groups in total. The average Bonchev–Trinajstić information content (AvgIpc) is 3.33. The van der Waals surface area contributed by atoms with Gasteiger partial charge in [0.05, 0.1) is 18.8 Å². The topological polar surface area (TPSA) is 112 Å². The number of allylic oxidation sites excluding steroid dienone is 5. The lowest BCUT2D eigenvalue weighted by molar-refractivity contribution is -0.335. The van der Waals surface area contributed by atoms with E-state index in [1.54, 1.807) is 12.2 Å². The van der Waals surface area contributed by atoms with Gasteiger partial charge in [-0.25, -0.2) is 0 Å². The Kier molecular flexibility index (Phi) is 11.2. The average molecular weight is 657 g/mol. The molecule has 0 amide bonds. The third kappa shape index (κ3) is 7.66. The zero-order chi connectivity index (χ0) is 33.2. The maximum Gasteiger partial charge on any atom is 0.316 e. The number of fused-ring (bicyclic) bond motifs is 2. The van der Waals surface area contributed by atoms with Crippen molar-refractivity contribution in [3.05, 3.63) is 58.7 Å². The third-order valence-corrected chi connectivity index (χ3v) is 11.0. The second-order valence-electron chi connectivity index (χ2n) is 14.3. The molecule has 3 saturated heterocycles. The van der Waals surface area contributed by atoms with Crippen molar-refractivity contribution in [2.24, 2.45) is 17.8 Å². The van der Waals surface area contributed by atoms with E-state index in [9.17, 15) is 19.8 Å². The van der Waals surface area contributed by atoms with Gasteiger partial charge in [-0.1, -0.05) is 74.1 Å². The van der Waals surface area contributed by atoms with Crippen LogP contribution in [0.1, 0.15) is 86.5 Å². The summed E-state index contributed by atoms with van der Waals surface area (Å²) in [5.41, 5.74) is 1.31. The molecule has 1 spiro atoms. The van der Waals surface area contributed by atoms with E-state index in [4.69, 9.17) is 18.9 Å². The van der Waals surface area contributed by atoms with E-state index >= 15 is 0 Å². The fraction of sp³-hybridized carbons (Fsp3) is 0.676. The van der Waals surface area contributed by atoms with Crippen LogP contribution in [0, 0.1) is 17.8 Å². The lowest BCUT2D eigenvalue weighted by Gasteiger charge is -2.50. The van der Waals surface area contributed by atoms with Crippen LogP contribution in [0.2, 0.25) is 0 Å². The first-order chi connectivity index (χ1) is 21.8. The molecule has 4 aliphatic heterocycles. The minimum absolute atomic E-state index is 0.0632. The number of ether oxygens (including phenoxy) is 4. The fourth-order valence-electron chi connectivity index (χ4n) is 7.70. The van der Waals surface area contributed by atoms with E-state index in [2.05, 4.69) is 39.8 Å². The quantitative estimate of drug-likeness (QED) is 0.210. The Morgan fingerprint density at radius 3 is 2.72 bits per heavy atom. The van der Waals surface area contributed by atoms with Gasteiger partial charge in [0, 0.05) is 25.0 Å². The van der Waals surface area contributed by atoms with Crippen LogP contribution in [-0.4, -0.2) is 75.6 Å². The first kappa shape index (κ1) is 35.3. The minimum Gasteiger partial charge on any atom is -0.462 e. The van der Waals surface area contributed by atoms with Crippen molar-refractivity contribution in [2.45, 2.75) is 128 Å². The Balaban J connectivity index is 1.51. The maximum atomic E-state index is 14.3. The summed E-state index contributed by atoms with van der Waals surface area (Å²) in [5, 5.41) is 23.6. The number of aliphatic hydroxyl groups excluding tert-OH is 1. The highest BCUT2D eigenvalue weighted by atomic mass is 32.2. The summed E-state index contributed by atoms with van der Waals surface area (Å²) in [4.78, 5) is 26.7. The van der Waals surface area contributed by atoms with Crippen LogP contribution >= 0.6 is 11.8 Å². The van der Waals surface area contributed by atoms with E-state index in [-0.39, 0.29) is 35.6 Å². The van der Waals surface area contributed by atoms with Crippen molar-refractivity contribution < 1.29 is 38.7 Å². The molecule has 4 heterocycles. The monoisotopic (exact) mass is 656 g/mol. The molecule has 10 atom stereocenters. The number of thioether (sulfide) groups is 1. The fourth-order valence-corrected chi connectivity index (χ4v) is 8.59. The van der Waals surface area contributed by atoms with Gasteiger partial charge in [-0.05, 0) is 75.5 Å². The first-order valence-electron chi connectivity index (χ1n) is 17.0. The van der Waals surface area contributed by atoms with Gasteiger partial charge < -0.3 is 29.2 Å². The molecule has 3 fully saturated rings. The van der Waals surface area contributed by atoms with Crippen molar-refractivity contribution in [3.8, 4) is 0 Å². The SMILES string of the molecule is CC[C@H]1O[C@]2(CC[C@@H]1C)C[C@@H]1C[C@@H](C/C=C(\C)C[C@@H](C)/C=C/C=C3\CO[C@@H]4[C@H](O)C(CSC(=O)C=C(C)C)=C[C@@H](C(=O)O1)[C@]34O)O2. The largest absolute Gasteiger partial charge is 0.462 e. The zero-order valence-electron chi connectivity index (χ0n) is 28.2. The van der Waals surface area contributed by atoms with Crippen molar-refractivity contribution in [1.29, 1.82) is 0 Å². The summed E-state index contributed by atoms with van der Waals surface area (Å²) < 4.78 is 25.7. The summed E-state index contributed by atoms with van der Waals surface area (Å²) in [7, 11) is 0.